The number of Topliss-reactive ketones (excluding diaryl/α,β-unsaturated/α-hetero) is 1. The maximum atomic E-state index is 14.1. The molecule has 0 aliphatic heterocycles. The van der Waals surface area contributed by atoms with E-state index in [-0.39, 0.29) is 5.78 Å². The summed E-state index contributed by atoms with van der Waals surface area (Å²) < 4.78 is 0. The molecule has 0 saturated heterocycles. The van der Waals surface area contributed by atoms with E-state index in [2.05, 4.69) is 97.9 Å². The van der Waals surface area contributed by atoms with Gasteiger partial charge in [-0.05, 0) is 46.9 Å². The van der Waals surface area contributed by atoms with E-state index in [0.717, 1.165) is 16.4 Å². The predicted octanol–water partition coefficient (Wildman–Crippen LogP) is 5.38. The van der Waals surface area contributed by atoms with Crippen molar-refractivity contribution in [3.8, 4) is 0 Å². The second kappa shape index (κ2) is 8.61. The van der Waals surface area contributed by atoms with Gasteiger partial charge in [-0.1, -0.05) is 115 Å². The summed E-state index contributed by atoms with van der Waals surface area (Å²) in [7, 11) is 0. The van der Waals surface area contributed by atoms with Gasteiger partial charge >= 0.3 is 0 Å². The molecule has 0 unspecified atom stereocenters. The Bertz CT molecular complexity index is 1250. The zero-order chi connectivity index (χ0) is 22.0. The zero-order valence-corrected chi connectivity index (χ0v) is 19.0. The Morgan fingerprint density at radius 3 is 1.53 bits per heavy atom. The summed E-state index contributed by atoms with van der Waals surface area (Å²) in [5, 5.41) is 4.55. The molecular weight excluding hydrogens is 407 g/mol. The molecule has 32 heavy (non-hydrogen) atoms. The number of allylic oxidation sites excluding steroid dienone is 1. The van der Waals surface area contributed by atoms with Crippen molar-refractivity contribution in [2.24, 2.45) is 0 Å². The highest BCUT2D eigenvalue weighted by Gasteiger charge is 2.32. The largest absolute Gasteiger partial charge is 0.289 e. The molecule has 0 aromatic heterocycles. The number of carbonyl (C=O) groups excluding carboxylic acids is 1. The Balaban J connectivity index is 1.82. The first kappa shape index (κ1) is 20.5. The van der Waals surface area contributed by atoms with Gasteiger partial charge in [-0.25, -0.2) is 0 Å². The maximum Gasteiger partial charge on any atom is 0.186 e. The topological polar surface area (TPSA) is 17.1 Å². The molecule has 0 atom stereocenters. The fraction of sp³-hybridized carbons (Fsp3) is 0.0667. The van der Waals surface area contributed by atoms with Gasteiger partial charge < -0.3 is 0 Å². The molecule has 1 aliphatic carbocycles. The molecule has 0 spiro atoms. The number of ketones is 1. The number of carbonyl (C=O) groups is 1. The van der Waals surface area contributed by atoms with Gasteiger partial charge in [0.2, 0.25) is 0 Å². The fourth-order valence-electron chi connectivity index (χ4n) is 4.79. The maximum absolute atomic E-state index is 14.1. The molecule has 0 saturated carbocycles. The lowest BCUT2D eigenvalue weighted by molar-refractivity contribution is -0.109. The van der Waals surface area contributed by atoms with E-state index in [1.54, 1.807) is 0 Å². The van der Waals surface area contributed by atoms with Crippen LogP contribution >= 0.6 is 6.89 Å². The highest BCUT2D eigenvalue weighted by atomic mass is 31.2. The number of benzene rings is 4. The molecule has 0 N–H and O–H groups in total. The lowest BCUT2D eigenvalue weighted by Crippen LogP contribution is -2.32. The molecule has 1 aliphatic rings. The van der Waals surface area contributed by atoms with Crippen molar-refractivity contribution in [2.45, 2.75) is 13.3 Å². The van der Waals surface area contributed by atoms with Crippen molar-refractivity contribution in [3.63, 3.8) is 0 Å². The van der Waals surface area contributed by atoms with Gasteiger partial charge in [0.25, 0.3) is 0 Å². The van der Waals surface area contributed by atoms with E-state index in [9.17, 15) is 4.79 Å². The Hall–Kier alpha value is -3.41. The Labute approximate surface area is 190 Å². The van der Waals surface area contributed by atoms with E-state index >= 15 is 0 Å². The molecule has 4 aromatic rings. The van der Waals surface area contributed by atoms with E-state index in [1.165, 1.54) is 21.5 Å². The molecule has 0 bridgehead atoms. The van der Waals surface area contributed by atoms with Crippen LogP contribution in [-0.2, 0) is 11.2 Å². The van der Waals surface area contributed by atoms with Gasteiger partial charge in [0, 0.05) is 17.3 Å². The van der Waals surface area contributed by atoms with Crippen LogP contribution in [0.5, 0.6) is 0 Å². The standard InChI is InChI=1S/C30H25OP/c1-23(30(31)26-21-24-13-11-12-14-25(24)22-26)32(27-15-5-2-6-16-27,28-17-7-3-8-18-28)29-19-9-4-10-20-29/h2-21H,22H2,1H3. The van der Waals surface area contributed by atoms with Crippen molar-refractivity contribution in [1.82, 2.24) is 0 Å². The minimum absolute atomic E-state index is 0.172. The van der Waals surface area contributed by atoms with Crippen LogP contribution in [0.2, 0.25) is 0 Å². The van der Waals surface area contributed by atoms with Crippen LogP contribution in [-0.4, -0.2) is 11.1 Å². The van der Waals surface area contributed by atoms with Crippen LogP contribution in [0.15, 0.2) is 121 Å². The van der Waals surface area contributed by atoms with Crippen LogP contribution in [0.4, 0.5) is 0 Å². The Morgan fingerprint density at radius 1 is 0.625 bits per heavy atom. The summed E-state index contributed by atoms with van der Waals surface area (Å²) in [6.07, 6.45) is 2.78. The zero-order valence-electron chi connectivity index (χ0n) is 18.1. The summed E-state index contributed by atoms with van der Waals surface area (Å²) in [6.45, 7) is -0.260. The van der Waals surface area contributed by atoms with Crippen LogP contribution in [0, 0.1) is 0 Å². The van der Waals surface area contributed by atoms with Crippen LogP contribution < -0.4 is 15.9 Å². The normalized spacial score (nSPS) is 12.7. The van der Waals surface area contributed by atoms with Crippen molar-refractivity contribution >= 4 is 40.0 Å². The predicted molar refractivity (Wildman–Crippen MR) is 139 cm³/mol. The third-order valence-electron chi connectivity index (χ3n) is 6.32. The molecule has 0 fully saturated rings. The summed E-state index contributed by atoms with van der Waals surface area (Å²) >= 11 is 0. The number of hydrogen-bond donors (Lipinski definition) is 0. The Morgan fingerprint density at radius 2 is 1.06 bits per heavy atom. The summed E-state index contributed by atoms with van der Waals surface area (Å²) in [6, 6.07) is 40.0. The average Bonchev–Trinajstić information content (AvgIpc) is 3.30. The van der Waals surface area contributed by atoms with Crippen molar-refractivity contribution in [1.29, 1.82) is 0 Å². The van der Waals surface area contributed by atoms with Gasteiger partial charge in [-0.15, -0.1) is 0 Å². The Kier molecular flexibility index (Phi) is 5.52. The summed E-state index contributed by atoms with van der Waals surface area (Å²) in [5.41, 5.74) is 3.27. The van der Waals surface area contributed by atoms with Gasteiger partial charge in [0.1, 0.15) is 0 Å². The second-order valence-electron chi connectivity index (χ2n) is 8.14. The molecule has 4 aromatic carbocycles. The third kappa shape index (κ3) is 3.40. The molecule has 2 heteroatoms. The first-order valence-corrected chi connectivity index (χ1v) is 12.7. The molecule has 0 radical (unpaired) electrons. The molecule has 0 heterocycles. The lowest BCUT2D eigenvalue weighted by Gasteiger charge is -2.31. The summed E-state index contributed by atoms with van der Waals surface area (Å²) in [4.78, 5) is 14.1. The first-order valence-electron chi connectivity index (χ1n) is 10.9. The molecule has 156 valence electrons. The average molecular weight is 433 g/mol. The van der Waals surface area contributed by atoms with Crippen molar-refractivity contribution in [2.75, 3.05) is 0 Å². The highest BCUT2D eigenvalue weighted by Crippen LogP contribution is 2.47. The molecular formula is C30H25OP. The number of fused-ring (bicyclic) bond motifs is 1. The van der Waals surface area contributed by atoms with Gasteiger partial charge in [-0.3, -0.25) is 4.79 Å². The molecule has 1 nitrogen and oxygen atoms in total. The molecule has 0 amide bonds. The van der Waals surface area contributed by atoms with E-state index in [4.69, 9.17) is 0 Å². The smallest absolute Gasteiger partial charge is 0.186 e. The highest BCUT2D eigenvalue weighted by molar-refractivity contribution is 7.96. The number of hydrogen-bond acceptors (Lipinski definition) is 1. The third-order valence-corrected chi connectivity index (χ3v) is 10.7. The monoisotopic (exact) mass is 432 g/mol. The fourth-order valence-corrected chi connectivity index (χ4v) is 9.16. The SMILES string of the molecule is CC(C(=O)C1=Cc2ccccc2C1)=P(c1ccccc1)(c1ccccc1)c1ccccc1. The van der Waals surface area contributed by atoms with Crippen LogP contribution in [0.1, 0.15) is 18.1 Å². The van der Waals surface area contributed by atoms with E-state index < -0.39 is 6.89 Å². The molecule has 5 rings (SSSR count). The minimum Gasteiger partial charge on any atom is -0.289 e. The van der Waals surface area contributed by atoms with Crippen LogP contribution in [0.25, 0.3) is 6.08 Å². The van der Waals surface area contributed by atoms with Gasteiger partial charge in [-0.2, -0.15) is 0 Å². The van der Waals surface area contributed by atoms with Crippen molar-refractivity contribution < 1.29 is 4.79 Å². The van der Waals surface area contributed by atoms with Gasteiger partial charge in [0.15, 0.2) is 5.78 Å². The minimum atomic E-state index is -2.32. The van der Waals surface area contributed by atoms with Crippen molar-refractivity contribution in [3.05, 3.63) is 132 Å². The quantitative estimate of drug-likeness (QED) is 0.387. The van der Waals surface area contributed by atoms with Gasteiger partial charge in [0.05, 0.1) is 0 Å². The summed E-state index contributed by atoms with van der Waals surface area (Å²) in [5.74, 6) is 0.172. The van der Waals surface area contributed by atoms with E-state index in [1.807, 2.05) is 30.3 Å². The number of rotatable bonds is 5. The first-order chi connectivity index (χ1) is 15.7. The van der Waals surface area contributed by atoms with Crippen LogP contribution in [0.3, 0.4) is 0 Å². The van der Waals surface area contributed by atoms with E-state index in [0.29, 0.717) is 6.42 Å². The lowest BCUT2D eigenvalue weighted by atomic mass is 10.1. The second-order valence-corrected chi connectivity index (χ2v) is 11.7.